The van der Waals surface area contributed by atoms with Gasteiger partial charge in [-0.05, 0) is 12.1 Å². The summed E-state index contributed by atoms with van der Waals surface area (Å²) in [4.78, 5) is 38.4. The lowest BCUT2D eigenvalue weighted by Crippen LogP contribution is -2.43. The fourth-order valence-electron chi connectivity index (χ4n) is 3.07. The first-order valence-corrected chi connectivity index (χ1v) is 9.92. The Morgan fingerprint density at radius 1 is 1.00 bits per heavy atom. The Kier molecular flexibility index (Phi) is 6.14. The lowest BCUT2D eigenvalue weighted by Gasteiger charge is -2.18. The van der Waals surface area contributed by atoms with Gasteiger partial charge >= 0.3 is 0 Å². The van der Waals surface area contributed by atoms with E-state index in [4.69, 9.17) is 11.6 Å². The SMILES string of the molecule is O=C(NC(Cn1ccnc1)C(=O)c1ccccc1)c1cnc(-c2cccc(Cl)c2)nc1. The zero-order chi connectivity index (χ0) is 21.6. The summed E-state index contributed by atoms with van der Waals surface area (Å²) in [5, 5.41) is 3.37. The highest BCUT2D eigenvalue weighted by Crippen LogP contribution is 2.19. The van der Waals surface area contributed by atoms with E-state index >= 15 is 0 Å². The second-order valence-corrected chi connectivity index (χ2v) is 7.26. The molecule has 0 bridgehead atoms. The molecule has 0 aliphatic rings. The quantitative estimate of drug-likeness (QED) is 0.451. The molecule has 0 aliphatic carbocycles. The van der Waals surface area contributed by atoms with Crippen LogP contribution in [0.3, 0.4) is 0 Å². The molecule has 8 heteroatoms. The summed E-state index contributed by atoms with van der Waals surface area (Å²) in [7, 11) is 0. The first-order valence-electron chi connectivity index (χ1n) is 9.54. The third kappa shape index (κ3) is 5.02. The molecule has 154 valence electrons. The number of carbonyl (C=O) groups excluding carboxylic acids is 2. The van der Waals surface area contributed by atoms with E-state index in [-0.39, 0.29) is 17.9 Å². The van der Waals surface area contributed by atoms with Crippen molar-refractivity contribution in [1.29, 1.82) is 0 Å². The maximum atomic E-state index is 13.0. The van der Waals surface area contributed by atoms with Crippen LogP contribution in [-0.2, 0) is 6.54 Å². The van der Waals surface area contributed by atoms with Gasteiger partial charge in [-0.2, -0.15) is 0 Å². The van der Waals surface area contributed by atoms with Crippen molar-refractivity contribution in [3.63, 3.8) is 0 Å². The first-order chi connectivity index (χ1) is 15.1. The van der Waals surface area contributed by atoms with Crippen molar-refractivity contribution in [2.24, 2.45) is 0 Å². The number of nitrogens with one attached hydrogen (secondary N) is 1. The van der Waals surface area contributed by atoms with Gasteiger partial charge in [-0.3, -0.25) is 9.59 Å². The van der Waals surface area contributed by atoms with E-state index in [1.54, 1.807) is 65.8 Å². The van der Waals surface area contributed by atoms with E-state index in [2.05, 4.69) is 20.3 Å². The predicted molar refractivity (Wildman–Crippen MR) is 117 cm³/mol. The number of Topliss-reactive ketones (excluding diaryl/α,β-unsaturated/α-hetero) is 1. The third-order valence-corrected chi connectivity index (χ3v) is 4.86. The van der Waals surface area contributed by atoms with Crippen LogP contribution in [0.5, 0.6) is 0 Å². The summed E-state index contributed by atoms with van der Waals surface area (Å²) in [6.07, 6.45) is 7.81. The van der Waals surface area contributed by atoms with Gasteiger partial charge in [0.15, 0.2) is 11.6 Å². The Hall–Kier alpha value is -3.84. The van der Waals surface area contributed by atoms with E-state index in [0.29, 0.717) is 16.4 Å². The van der Waals surface area contributed by atoms with Crippen LogP contribution < -0.4 is 5.32 Å². The maximum Gasteiger partial charge on any atom is 0.255 e. The highest BCUT2D eigenvalue weighted by Gasteiger charge is 2.23. The fraction of sp³-hybridized carbons (Fsp3) is 0.0870. The molecule has 0 saturated carbocycles. The monoisotopic (exact) mass is 431 g/mol. The van der Waals surface area contributed by atoms with Crippen molar-refractivity contribution in [2.45, 2.75) is 12.6 Å². The van der Waals surface area contributed by atoms with Gasteiger partial charge in [-0.25, -0.2) is 15.0 Å². The molecule has 0 aliphatic heterocycles. The van der Waals surface area contributed by atoms with Crippen LogP contribution in [-0.4, -0.2) is 37.3 Å². The Labute approximate surface area is 183 Å². The summed E-state index contributed by atoms with van der Waals surface area (Å²) in [6.45, 7) is 0.251. The molecule has 0 saturated heterocycles. The first kappa shape index (κ1) is 20.4. The molecule has 4 aromatic rings. The van der Waals surface area contributed by atoms with Crippen LogP contribution in [0.25, 0.3) is 11.4 Å². The van der Waals surface area contributed by atoms with Gasteiger partial charge in [0.25, 0.3) is 5.91 Å². The van der Waals surface area contributed by atoms with E-state index in [0.717, 1.165) is 5.56 Å². The van der Waals surface area contributed by atoms with Crippen molar-refractivity contribution >= 4 is 23.3 Å². The minimum atomic E-state index is -0.781. The summed E-state index contributed by atoms with van der Waals surface area (Å²) in [5.41, 5.74) is 1.51. The second-order valence-electron chi connectivity index (χ2n) is 6.82. The van der Waals surface area contributed by atoms with Gasteiger partial charge in [0.1, 0.15) is 6.04 Å². The van der Waals surface area contributed by atoms with Gasteiger partial charge in [-0.15, -0.1) is 0 Å². The zero-order valence-electron chi connectivity index (χ0n) is 16.4. The highest BCUT2D eigenvalue weighted by molar-refractivity contribution is 6.30. The number of imidazole rings is 1. The van der Waals surface area contributed by atoms with Crippen molar-refractivity contribution in [3.05, 3.63) is 102 Å². The van der Waals surface area contributed by atoms with Crippen LogP contribution in [0.2, 0.25) is 5.02 Å². The molecule has 1 unspecified atom stereocenters. The van der Waals surface area contributed by atoms with Crippen molar-refractivity contribution in [2.75, 3.05) is 0 Å². The lowest BCUT2D eigenvalue weighted by atomic mass is 10.0. The van der Waals surface area contributed by atoms with Crippen molar-refractivity contribution in [1.82, 2.24) is 24.8 Å². The van der Waals surface area contributed by atoms with E-state index in [9.17, 15) is 9.59 Å². The van der Waals surface area contributed by atoms with Crippen LogP contribution in [0.4, 0.5) is 0 Å². The van der Waals surface area contributed by atoms with Crippen LogP contribution in [0, 0.1) is 0 Å². The summed E-state index contributed by atoms with van der Waals surface area (Å²) in [6, 6.07) is 15.2. The highest BCUT2D eigenvalue weighted by atomic mass is 35.5. The van der Waals surface area contributed by atoms with E-state index in [1.165, 1.54) is 12.4 Å². The third-order valence-electron chi connectivity index (χ3n) is 4.63. The normalized spacial score (nSPS) is 11.6. The minimum Gasteiger partial charge on any atom is -0.340 e. The number of benzene rings is 2. The Morgan fingerprint density at radius 2 is 1.77 bits per heavy atom. The molecule has 1 amide bonds. The number of hydrogen-bond donors (Lipinski definition) is 1. The van der Waals surface area contributed by atoms with Gasteiger partial charge in [0.05, 0.1) is 18.4 Å². The van der Waals surface area contributed by atoms with Crippen LogP contribution >= 0.6 is 11.6 Å². The average Bonchev–Trinajstić information content (AvgIpc) is 3.32. The predicted octanol–water partition coefficient (Wildman–Crippen LogP) is 3.68. The molecule has 2 aromatic heterocycles. The van der Waals surface area contributed by atoms with Gasteiger partial charge in [0.2, 0.25) is 0 Å². The van der Waals surface area contributed by atoms with E-state index in [1.807, 2.05) is 12.1 Å². The number of amides is 1. The standard InChI is InChI=1S/C23H18ClN5O2/c24-19-8-4-7-17(11-19)22-26-12-18(13-27-22)23(31)28-20(14-29-10-9-25-15-29)21(30)16-5-2-1-3-6-16/h1-13,15,20H,14H2,(H,28,31). The number of hydrogen-bond acceptors (Lipinski definition) is 5. The minimum absolute atomic E-state index is 0.195. The lowest BCUT2D eigenvalue weighted by molar-refractivity contribution is 0.0847. The fourth-order valence-corrected chi connectivity index (χ4v) is 3.26. The number of carbonyl (C=O) groups is 2. The number of rotatable bonds is 7. The van der Waals surface area contributed by atoms with Crippen LogP contribution in [0.1, 0.15) is 20.7 Å². The summed E-state index contributed by atoms with van der Waals surface area (Å²) >= 11 is 6.01. The molecule has 0 radical (unpaired) electrons. The number of ketones is 1. The van der Waals surface area contributed by atoms with Crippen LogP contribution in [0.15, 0.2) is 85.7 Å². The molecule has 1 N–H and O–H groups in total. The smallest absolute Gasteiger partial charge is 0.255 e. The van der Waals surface area contributed by atoms with Gasteiger partial charge in [0, 0.05) is 40.9 Å². The average molecular weight is 432 g/mol. The summed E-state index contributed by atoms with van der Waals surface area (Å²) < 4.78 is 1.74. The molecule has 1 atom stereocenters. The van der Waals surface area contributed by atoms with Crippen molar-refractivity contribution < 1.29 is 9.59 Å². The Balaban J connectivity index is 1.53. The van der Waals surface area contributed by atoms with Gasteiger partial charge < -0.3 is 9.88 Å². The largest absolute Gasteiger partial charge is 0.340 e. The Bertz CT molecular complexity index is 1180. The molecular formula is C23H18ClN5O2. The van der Waals surface area contributed by atoms with Gasteiger partial charge in [-0.1, -0.05) is 54.1 Å². The van der Waals surface area contributed by atoms with E-state index < -0.39 is 11.9 Å². The number of aromatic nitrogens is 4. The molecule has 4 rings (SSSR count). The molecule has 0 fully saturated rings. The molecule has 0 spiro atoms. The summed E-state index contributed by atoms with van der Waals surface area (Å²) in [5.74, 6) is -0.180. The second kappa shape index (κ2) is 9.32. The molecule has 7 nitrogen and oxygen atoms in total. The molecule has 2 heterocycles. The Morgan fingerprint density at radius 3 is 2.45 bits per heavy atom. The maximum absolute atomic E-state index is 13.0. The molecule has 2 aromatic carbocycles. The number of nitrogens with zero attached hydrogens (tertiary/aromatic N) is 4. The topological polar surface area (TPSA) is 89.8 Å². The number of halogens is 1. The zero-order valence-corrected chi connectivity index (χ0v) is 17.1. The van der Waals surface area contributed by atoms with Crippen molar-refractivity contribution in [3.8, 4) is 11.4 Å². The molecule has 31 heavy (non-hydrogen) atoms. The molecular weight excluding hydrogens is 414 g/mol.